The highest BCUT2D eigenvalue weighted by Crippen LogP contribution is 2.27. The predicted octanol–water partition coefficient (Wildman–Crippen LogP) is 2.17. The molecule has 0 aromatic carbocycles. The van der Waals surface area contributed by atoms with Gasteiger partial charge in [-0.15, -0.1) is 0 Å². The summed E-state index contributed by atoms with van der Waals surface area (Å²) in [7, 11) is 3.64. The van der Waals surface area contributed by atoms with E-state index >= 15 is 0 Å². The van der Waals surface area contributed by atoms with Crippen LogP contribution in [-0.4, -0.2) is 40.9 Å². The zero-order valence-electron chi connectivity index (χ0n) is 11.9. The van der Waals surface area contributed by atoms with E-state index in [1.807, 2.05) is 11.9 Å². The summed E-state index contributed by atoms with van der Waals surface area (Å²) in [5, 5.41) is 2.90. The van der Waals surface area contributed by atoms with Gasteiger partial charge in [0.25, 0.3) is 5.91 Å². The van der Waals surface area contributed by atoms with Gasteiger partial charge in [-0.25, -0.2) is 4.98 Å². The molecule has 1 aliphatic carbocycles. The van der Waals surface area contributed by atoms with Crippen LogP contribution in [0.3, 0.4) is 0 Å². The van der Waals surface area contributed by atoms with Crippen molar-refractivity contribution in [1.82, 2.24) is 14.9 Å². The number of anilines is 1. The molecule has 19 heavy (non-hydrogen) atoms. The van der Waals surface area contributed by atoms with Crippen LogP contribution in [-0.2, 0) is 0 Å². The highest BCUT2D eigenvalue weighted by molar-refractivity contribution is 5.92. The van der Waals surface area contributed by atoms with Crippen LogP contribution in [0, 0.1) is 5.92 Å². The lowest BCUT2D eigenvalue weighted by atomic mass is 9.86. The minimum absolute atomic E-state index is 0.0382. The second kappa shape index (κ2) is 5.99. The molecular weight excluding hydrogens is 240 g/mol. The molecule has 5 nitrogen and oxygen atoms in total. The third-order valence-corrected chi connectivity index (χ3v) is 3.89. The van der Waals surface area contributed by atoms with Crippen LogP contribution in [0.5, 0.6) is 0 Å². The fourth-order valence-electron chi connectivity index (χ4n) is 2.69. The molecule has 1 aliphatic rings. The number of amides is 1. The summed E-state index contributed by atoms with van der Waals surface area (Å²) in [5.74, 6) is 1.28. The number of nitrogens with zero attached hydrogens (tertiary/aromatic N) is 3. The SMILES string of the molecule is CNc1cncc(C(=O)N(C)C2CCCC(C)C2)n1. The van der Waals surface area contributed by atoms with Crippen molar-refractivity contribution in [2.24, 2.45) is 5.92 Å². The van der Waals surface area contributed by atoms with E-state index in [9.17, 15) is 4.79 Å². The average molecular weight is 262 g/mol. The summed E-state index contributed by atoms with van der Waals surface area (Å²) in [5.41, 5.74) is 0.410. The minimum Gasteiger partial charge on any atom is -0.372 e. The first kappa shape index (κ1) is 13.8. The van der Waals surface area contributed by atoms with Gasteiger partial charge < -0.3 is 10.2 Å². The topological polar surface area (TPSA) is 58.1 Å². The maximum Gasteiger partial charge on any atom is 0.274 e. The fourth-order valence-corrected chi connectivity index (χ4v) is 2.69. The highest BCUT2D eigenvalue weighted by atomic mass is 16.2. The van der Waals surface area contributed by atoms with Crippen molar-refractivity contribution in [2.45, 2.75) is 38.6 Å². The van der Waals surface area contributed by atoms with Crippen molar-refractivity contribution in [3.8, 4) is 0 Å². The molecule has 0 bridgehead atoms. The monoisotopic (exact) mass is 262 g/mol. The standard InChI is InChI=1S/C14H22N4O/c1-10-5-4-6-11(7-10)18(3)14(19)12-8-16-9-13(15-2)17-12/h8-11H,4-7H2,1-3H3,(H,15,17). The van der Waals surface area contributed by atoms with E-state index in [2.05, 4.69) is 22.2 Å². The van der Waals surface area contributed by atoms with Crippen LogP contribution in [0.4, 0.5) is 5.82 Å². The van der Waals surface area contributed by atoms with Crippen LogP contribution in [0.2, 0.25) is 0 Å². The number of carbonyl (C=O) groups is 1. The average Bonchev–Trinajstić information content (AvgIpc) is 2.45. The lowest BCUT2D eigenvalue weighted by molar-refractivity contribution is 0.0666. The Kier molecular flexibility index (Phi) is 4.35. The van der Waals surface area contributed by atoms with E-state index < -0.39 is 0 Å². The molecule has 1 saturated carbocycles. The lowest BCUT2D eigenvalue weighted by Crippen LogP contribution is -2.40. The number of aromatic nitrogens is 2. The molecule has 1 aromatic rings. The maximum atomic E-state index is 12.4. The quantitative estimate of drug-likeness (QED) is 0.907. The number of hydrogen-bond acceptors (Lipinski definition) is 4. The Morgan fingerprint density at radius 3 is 2.89 bits per heavy atom. The third-order valence-electron chi connectivity index (χ3n) is 3.89. The Bertz CT molecular complexity index is 449. The second-order valence-corrected chi connectivity index (χ2v) is 5.38. The normalized spacial score (nSPS) is 22.9. The van der Waals surface area contributed by atoms with Crippen LogP contribution >= 0.6 is 0 Å². The highest BCUT2D eigenvalue weighted by Gasteiger charge is 2.26. The molecule has 0 saturated heterocycles. The molecule has 1 aromatic heterocycles. The van der Waals surface area contributed by atoms with Crippen molar-refractivity contribution >= 4 is 11.7 Å². The third kappa shape index (κ3) is 3.22. The maximum absolute atomic E-state index is 12.4. The predicted molar refractivity (Wildman–Crippen MR) is 75.1 cm³/mol. The molecule has 2 rings (SSSR count). The van der Waals surface area contributed by atoms with E-state index in [1.54, 1.807) is 13.2 Å². The second-order valence-electron chi connectivity index (χ2n) is 5.38. The zero-order chi connectivity index (χ0) is 13.8. The summed E-state index contributed by atoms with van der Waals surface area (Å²) in [6.07, 6.45) is 7.79. The van der Waals surface area contributed by atoms with E-state index in [1.165, 1.54) is 19.0 Å². The van der Waals surface area contributed by atoms with E-state index in [0.717, 1.165) is 12.8 Å². The molecular formula is C14H22N4O. The first-order valence-electron chi connectivity index (χ1n) is 6.88. The molecule has 1 N–H and O–H groups in total. The smallest absolute Gasteiger partial charge is 0.274 e. The molecule has 104 valence electrons. The Morgan fingerprint density at radius 2 is 2.21 bits per heavy atom. The zero-order valence-corrected chi connectivity index (χ0v) is 11.9. The number of carbonyl (C=O) groups excluding carboxylic acids is 1. The largest absolute Gasteiger partial charge is 0.372 e. The van der Waals surface area contributed by atoms with Crippen LogP contribution < -0.4 is 5.32 Å². The van der Waals surface area contributed by atoms with E-state index in [0.29, 0.717) is 23.5 Å². The van der Waals surface area contributed by atoms with E-state index in [-0.39, 0.29) is 5.91 Å². The molecule has 0 aliphatic heterocycles. The van der Waals surface area contributed by atoms with Crippen molar-refractivity contribution < 1.29 is 4.79 Å². The van der Waals surface area contributed by atoms with Crippen LogP contribution in [0.1, 0.15) is 43.1 Å². The number of hydrogen-bond donors (Lipinski definition) is 1. The first-order valence-corrected chi connectivity index (χ1v) is 6.88. The minimum atomic E-state index is -0.0382. The Hall–Kier alpha value is -1.65. The van der Waals surface area contributed by atoms with Gasteiger partial charge in [-0.3, -0.25) is 9.78 Å². The van der Waals surface area contributed by atoms with Gasteiger partial charge >= 0.3 is 0 Å². The molecule has 1 heterocycles. The summed E-state index contributed by atoms with van der Waals surface area (Å²) < 4.78 is 0. The van der Waals surface area contributed by atoms with Gasteiger partial charge in [-0.2, -0.15) is 0 Å². The van der Waals surface area contributed by atoms with Crippen LogP contribution in [0.15, 0.2) is 12.4 Å². The first-order chi connectivity index (χ1) is 9.11. The molecule has 1 amide bonds. The number of nitrogens with one attached hydrogen (secondary N) is 1. The molecule has 2 unspecified atom stereocenters. The van der Waals surface area contributed by atoms with Gasteiger partial charge in [0, 0.05) is 20.1 Å². The Morgan fingerprint density at radius 1 is 1.42 bits per heavy atom. The van der Waals surface area contributed by atoms with Gasteiger partial charge in [-0.1, -0.05) is 19.8 Å². The Labute approximate surface area is 114 Å². The summed E-state index contributed by atoms with van der Waals surface area (Å²) in [6, 6.07) is 0.330. The van der Waals surface area contributed by atoms with Gasteiger partial charge in [0.05, 0.1) is 12.4 Å². The fraction of sp³-hybridized carbons (Fsp3) is 0.643. The van der Waals surface area contributed by atoms with Crippen LogP contribution in [0.25, 0.3) is 0 Å². The van der Waals surface area contributed by atoms with Crippen molar-refractivity contribution in [3.05, 3.63) is 18.1 Å². The summed E-state index contributed by atoms with van der Waals surface area (Å²) >= 11 is 0. The van der Waals surface area contributed by atoms with Crippen molar-refractivity contribution in [3.63, 3.8) is 0 Å². The molecule has 0 radical (unpaired) electrons. The molecule has 2 atom stereocenters. The van der Waals surface area contributed by atoms with Gasteiger partial charge in [0.2, 0.25) is 0 Å². The van der Waals surface area contributed by atoms with Gasteiger partial charge in [0.15, 0.2) is 0 Å². The lowest BCUT2D eigenvalue weighted by Gasteiger charge is -2.33. The summed E-state index contributed by atoms with van der Waals surface area (Å²) in [6.45, 7) is 2.26. The van der Waals surface area contributed by atoms with Gasteiger partial charge in [0.1, 0.15) is 11.5 Å². The van der Waals surface area contributed by atoms with Crippen molar-refractivity contribution in [2.75, 3.05) is 19.4 Å². The van der Waals surface area contributed by atoms with Crippen molar-refractivity contribution in [1.29, 1.82) is 0 Å². The molecule has 1 fully saturated rings. The number of rotatable bonds is 3. The molecule has 5 heteroatoms. The molecule has 0 spiro atoms. The van der Waals surface area contributed by atoms with Gasteiger partial charge in [-0.05, 0) is 18.8 Å². The van der Waals surface area contributed by atoms with E-state index in [4.69, 9.17) is 0 Å². The summed E-state index contributed by atoms with van der Waals surface area (Å²) in [4.78, 5) is 22.6. The Balaban J connectivity index is 2.09.